The van der Waals surface area contributed by atoms with Gasteiger partial charge >= 0.3 is 5.97 Å². The van der Waals surface area contributed by atoms with Gasteiger partial charge in [0, 0.05) is 5.69 Å². The van der Waals surface area contributed by atoms with Crippen molar-refractivity contribution in [2.45, 2.75) is 39.7 Å². The Morgan fingerprint density at radius 3 is 2.41 bits per heavy atom. The van der Waals surface area contributed by atoms with Crippen LogP contribution in [0.4, 0.5) is 5.69 Å². The predicted molar refractivity (Wildman–Crippen MR) is 88.8 cm³/mol. The fourth-order valence-electron chi connectivity index (χ4n) is 3.04. The number of hydrogen-bond acceptors (Lipinski definition) is 3. The molecule has 2 rings (SSSR count). The van der Waals surface area contributed by atoms with Gasteiger partial charge in [0.2, 0.25) is 5.91 Å². The number of nitrogens with zero attached hydrogens (tertiary/aromatic N) is 1. The lowest BCUT2D eigenvalue weighted by Crippen LogP contribution is -2.41. The van der Waals surface area contributed by atoms with Crippen molar-refractivity contribution in [1.82, 2.24) is 4.90 Å². The Morgan fingerprint density at radius 1 is 1.27 bits per heavy atom. The van der Waals surface area contributed by atoms with Gasteiger partial charge in [-0.2, -0.15) is 0 Å². The highest BCUT2D eigenvalue weighted by molar-refractivity contribution is 5.94. The number of rotatable bonds is 4. The van der Waals surface area contributed by atoms with Crippen LogP contribution in [0.3, 0.4) is 0 Å². The summed E-state index contributed by atoms with van der Waals surface area (Å²) in [6.45, 7) is 6.74. The number of benzene rings is 1. The van der Waals surface area contributed by atoms with Crippen LogP contribution in [0.15, 0.2) is 12.1 Å². The van der Waals surface area contributed by atoms with Gasteiger partial charge in [-0.3, -0.25) is 14.5 Å². The number of halogens is 1. The second kappa shape index (κ2) is 7.61. The van der Waals surface area contributed by atoms with Crippen molar-refractivity contribution in [3.8, 4) is 0 Å². The van der Waals surface area contributed by atoms with E-state index in [4.69, 9.17) is 5.11 Å². The molecule has 1 unspecified atom stereocenters. The van der Waals surface area contributed by atoms with Gasteiger partial charge in [0.05, 0.1) is 6.54 Å². The summed E-state index contributed by atoms with van der Waals surface area (Å²) in [7, 11) is 0. The van der Waals surface area contributed by atoms with E-state index in [0.717, 1.165) is 28.8 Å². The summed E-state index contributed by atoms with van der Waals surface area (Å²) in [6, 6.07) is 3.52. The summed E-state index contributed by atoms with van der Waals surface area (Å²) < 4.78 is 0. The highest BCUT2D eigenvalue weighted by atomic mass is 35.5. The predicted octanol–water partition coefficient (Wildman–Crippen LogP) is 2.52. The molecule has 0 aliphatic carbocycles. The lowest BCUT2D eigenvalue weighted by Gasteiger charge is -2.21. The Bertz CT molecular complexity index is 552. The zero-order valence-corrected chi connectivity index (χ0v) is 14.0. The van der Waals surface area contributed by atoms with E-state index in [0.29, 0.717) is 13.0 Å². The van der Waals surface area contributed by atoms with Crippen molar-refractivity contribution >= 4 is 30.0 Å². The molecule has 0 aromatic heterocycles. The zero-order valence-electron chi connectivity index (χ0n) is 13.2. The fourth-order valence-corrected chi connectivity index (χ4v) is 3.04. The van der Waals surface area contributed by atoms with Gasteiger partial charge in [-0.05, 0) is 51.3 Å². The molecule has 0 bridgehead atoms. The normalized spacial score (nSPS) is 17.9. The maximum Gasteiger partial charge on any atom is 0.320 e. The first-order chi connectivity index (χ1) is 9.88. The number of carbonyl (C=O) groups excluding carboxylic acids is 1. The van der Waals surface area contributed by atoms with Crippen molar-refractivity contribution in [2.75, 3.05) is 18.4 Å². The Kier molecular flexibility index (Phi) is 6.38. The molecule has 5 nitrogen and oxygen atoms in total. The van der Waals surface area contributed by atoms with Gasteiger partial charge < -0.3 is 10.4 Å². The minimum absolute atomic E-state index is 0. The number of anilines is 1. The standard InChI is InChI=1S/C16H22N2O3.ClH/c1-10-7-11(2)15(12(3)8-10)17-14(19)9-18-6-4-5-13(18)16(20)21;/h7-8,13H,4-6,9H2,1-3H3,(H,17,19)(H,20,21);1H. The minimum Gasteiger partial charge on any atom is -0.480 e. The molecule has 1 aromatic carbocycles. The summed E-state index contributed by atoms with van der Waals surface area (Å²) >= 11 is 0. The maximum atomic E-state index is 12.2. The molecule has 1 aromatic rings. The van der Waals surface area contributed by atoms with Crippen LogP contribution >= 0.6 is 12.4 Å². The van der Waals surface area contributed by atoms with E-state index in [1.165, 1.54) is 0 Å². The molecule has 0 radical (unpaired) electrons. The van der Waals surface area contributed by atoms with Crippen LogP contribution in [-0.4, -0.2) is 41.0 Å². The van der Waals surface area contributed by atoms with Gasteiger partial charge in [0.15, 0.2) is 0 Å². The summed E-state index contributed by atoms with van der Waals surface area (Å²) in [5, 5.41) is 12.1. The Labute approximate surface area is 137 Å². The molecule has 1 amide bonds. The largest absolute Gasteiger partial charge is 0.480 e. The Hall–Kier alpha value is -1.59. The average Bonchev–Trinajstić information content (AvgIpc) is 2.82. The highest BCUT2D eigenvalue weighted by Crippen LogP contribution is 2.22. The fraction of sp³-hybridized carbons (Fsp3) is 0.500. The van der Waals surface area contributed by atoms with Crippen LogP contribution in [0.2, 0.25) is 0 Å². The van der Waals surface area contributed by atoms with E-state index < -0.39 is 12.0 Å². The van der Waals surface area contributed by atoms with E-state index in [1.54, 1.807) is 4.90 Å². The third kappa shape index (κ3) is 4.21. The van der Waals surface area contributed by atoms with Crippen molar-refractivity contribution in [3.05, 3.63) is 28.8 Å². The average molecular weight is 327 g/mol. The highest BCUT2D eigenvalue weighted by Gasteiger charge is 2.31. The summed E-state index contributed by atoms with van der Waals surface area (Å²) in [5.41, 5.74) is 4.04. The van der Waals surface area contributed by atoms with Crippen LogP contribution < -0.4 is 5.32 Å². The Morgan fingerprint density at radius 2 is 1.86 bits per heavy atom. The smallest absolute Gasteiger partial charge is 0.320 e. The van der Waals surface area contributed by atoms with Crippen molar-refractivity contribution in [1.29, 1.82) is 0 Å². The second-order valence-electron chi connectivity index (χ2n) is 5.79. The zero-order chi connectivity index (χ0) is 15.6. The van der Waals surface area contributed by atoms with E-state index in [-0.39, 0.29) is 24.9 Å². The Balaban J connectivity index is 0.00000242. The molecule has 0 spiro atoms. The number of aliphatic carboxylic acids is 1. The second-order valence-corrected chi connectivity index (χ2v) is 5.79. The van der Waals surface area contributed by atoms with Crippen molar-refractivity contribution in [2.24, 2.45) is 0 Å². The molecule has 22 heavy (non-hydrogen) atoms. The van der Waals surface area contributed by atoms with Crippen LogP contribution in [0.5, 0.6) is 0 Å². The molecular formula is C16H23ClN2O3. The quantitative estimate of drug-likeness (QED) is 0.892. The van der Waals surface area contributed by atoms with Gasteiger partial charge in [-0.1, -0.05) is 17.7 Å². The van der Waals surface area contributed by atoms with Crippen molar-refractivity contribution in [3.63, 3.8) is 0 Å². The van der Waals surface area contributed by atoms with Crippen LogP contribution in [-0.2, 0) is 9.59 Å². The number of likely N-dealkylation sites (tertiary alicyclic amines) is 1. The number of amides is 1. The summed E-state index contributed by atoms with van der Waals surface area (Å²) in [4.78, 5) is 25.0. The number of carbonyl (C=O) groups is 2. The van der Waals surface area contributed by atoms with Gasteiger partial charge in [0.25, 0.3) is 0 Å². The first-order valence-electron chi connectivity index (χ1n) is 7.23. The molecule has 1 atom stereocenters. The van der Waals surface area contributed by atoms with E-state index in [1.807, 2.05) is 32.9 Å². The lowest BCUT2D eigenvalue weighted by atomic mass is 10.1. The molecule has 1 heterocycles. The van der Waals surface area contributed by atoms with E-state index in [2.05, 4.69) is 5.32 Å². The minimum atomic E-state index is -0.844. The number of carboxylic acid groups (broad SMARTS) is 1. The molecule has 122 valence electrons. The van der Waals surface area contributed by atoms with Crippen LogP contribution in [0, 0.1) is 20.8 Å². The third-order valence-electron chi connectivity index (χ3n) is 3.94. The maximum absolute atomic E-state index is 12.2. The van der Waals surface area contributed by atoms with Crippen LogP contribution in [0.1, 0.15) is 29.5 Å². The molecule has 1 saturated heterocycles. The molecule has 1 aliphatic rings. The van der Waals surface area contributed by atoms with Gasteiger partial charge in [-0.25, -0.2) is 0 Å². The third-order valence-corrected chi connectivity index (χ3v) is 3.94. The topological polar surface area (TPSA) is 69.6 Å². The lowest BCUT2D eigenvalue weighted by molar-refractivity contribution is -0.142. The number of aryl methyl sites for hydroxylation is 3. The number of hydrogen-bond donors (Lipinski definition) is 2. The number of nitrogens with one attached hydrogen (secondary N) is 1. The first-order valence-corrected chi connectivity index (χ1v) is 7.23. The SMILES string of the molecule is Cc1cc(C)c(NC(=O)CN2CCCC2C(=O)O)c(C)c1.Cl. The summed E-state index contributed by atoms with van der Waals surface area (Å²) in [6.07, 6.45) is 1.44. The van der Waals surface area contributed by atoms with E-state index >= 15 is 0 Å². The van der Waals surface area contributed by atoms with Crippen LogP contribution in [0.25, 0.3) is 0 Å². The van der Waals surface area contributed by atoms with Crippen molar-refractivity contribution < 1.29 is 14.7 Å². The molecule has 1 fully saturated rings. The molecule has 1 aliphatic heterocycles. The summed E-state index contributed by atoms with van der Waals surface area (Å²) in [5.74, 6) is -0.999. The first kappa shape index (κ1) is 18.5. The van der Waals surface area contributed by atoms with Gasteiger partial charge in [0.1, 0.15) is 6.04 Å². The molecule has 6 heteroatoms. The van der Waals surface area contributed by atoms with E-state index in [9.17, 15) is 9.59 Å². The number of carboxylic acids is 1. The molecule has 0 saturated carbocycles. The molecular weight excluding hydrogens is 304 g/mol. The monoisotopic (exact) mass is 326 g/mol. The molecule has 2 N–H and O–H groups in total. The van der Waals surface area contributed by atoms with Gasteiger partial charge in [-0.15, -0.1) is 12.4 Å².